The van der Waals surface area contributed by atoms with Crippen molar-refractivity contribution in [3.05, 3.63) is 53.5 Å². The zero-order valence-corrected chi connectivity index (χ0v) is 14.7. The molecule has 1 aromatic heterocycles. The number of sulfonamides is 1. The maximum atomic E-state index is 12.3. The zero-order chi connectivity index (χ0) is 17.3. The monoisotopic (exact) mass is 361 g/mol. The van der Waals surface area contributed by atoms with Gasteiger partial charge in [-0.2, -0.15) is 0 Å². The van der Waals surface area contributed by atoms with Crippen LogP contribution in [0.1, 0.15) is 10.4 Å². The van der Waals surface area contributed by atoms with Gasteiger partial charge in [0.05, 0.1) is 20.6 Å². The number of nitrogens with one attached hydrogen (secondary N) is 1. The van der Waals surface area contributed by atoms with Crippen LogP contribution in [-0.4, -0.2) is 37.7 Å². The van der Waals surface area contributed by atoms with E-state index in [2.05, 4.69) is 10.3 Å². The van der Waals surface area contributed by atoms with Crippen molar-refractivity contribution < 1.29 is 13.2 Å². The number of fused-ring (bicyclic) bond motifs is 1. The zero-order valence-electron chi connectivity index (χ0n) is 13.1. The summed E-state index contributed by atoms with van der Waals surface area (Å²) >= 11 is 1.50. The SMILES string of the molecule is CN(C)S(=O)(=O)c1ccc(C(=O)Nc2ccc3ncsc3c2)cc1. The Kier molecular flexibility index (Phi) is 4.35. The molecule has 1 heterocycles. The van der Waals surface area contributed by atoms with Crippen LogP contribution in [0.5, 0.6) is 0 Å². The quantitative estimate of drug-likeness (QED) is 0.775. The van der Waals surface area contributed by atoms with Crippen molar-refractivity contribution in [3.8, 4) is 0 Å². The number of carbonyl (C=O) groups excluding carboxylic acids is 1. The van der Waals surface area contributed by atoms with E-state index in [1.165, 1.54) is 49.7 Å². The fourth-order valence-corrected chi connectivity index (χ4v) is 3.74. The van der Waals surface area contributed by atoms with Gasteiger partial charge >= 0.3 is 0 Å². The number of benzene rings is 2. The van der Waals surface area contributed by atoms with Gasteiger partial charge < -0.3 is 5.32 Å². The van der Waals surface area contributed by atoms with E-state index in [-0.39, 0.29) is 10.8 Å². The molecule has 0 aliphatic rings. The summed E-state index contributed by atoms with van der Waals surface area (Å²) in [4.78, 5) is 16.6. The predicted molar refractivity (Wildman–Crippen MR) is 94.9 cm³/mol. The van der Waals surface area contributed by atoms with Crippen LogP contribution in [-0.2, 0) is 10.0 Å². The van der Waals surface area contributed by atoms with Crippen LogP contribution in [0.15, 0.2) is 52.9 Å². The molecular formula is C16H15N3O3S2. The summed E-state index contributed by atoms with van der Waals surface area (Å²) in [5, 5.41) is 2.80. The van der Waals surface area contributed by atoms with Gasteiger partial charge in [-0.05, 0) is 42.5 Å². The third-order valence-corrected chi connectivity index (χ3v) is 6.11. The van der Waals surface area contributed by atoms with E-state index < -0.39 is 10.0 Å². The van der Waals surface area contributed by atoms with Gasteiger partial charge in [0.15, 0.2) is 0 Å². The molecule has 24 heavy (non-hydrogen) atoms. The lowest BCUT2D eigenvalue weighted by atomic mass is 10.2. The molecule has 0 spiro atoms. The fourth-order valence-electron chi connectivity index (χ4n) is 2.13. The van der Waals surface area contributed by atoms with Crippen molar-refractivity contribution in [2.45, 2.75) is 4.90 Å². The molecule has 0 atom stereocenters. The minimum Gasteiger partial charge on any atom is -0.322 e. The first-order valence-corrected chi connectivity index (χ1v) is 9.37. The Hall–Kier alpha value is -2.29. The van der Waals surface area contributed by atoms with Crippen LogP contribution in [0, 0.1) is 0 Å². The van der Waals surface area contributed by atoms with Crippen molar-refractivity contribution in [3.63, 3.8) is 0 Å². The van der Waals surface area contributed by atoms with Crippen LogP contribution < -0.4 is 5.32 Å². The number of rotatable bonds is 4. The third kappa shape index (κ3) is 3.16. The molecule has 0 aliphatic heterocycles. The summed E-state index contributed by atoms with van der Waals surface area (Å²) in [7, 11) is -0.572. The Bertz CT molecular complexity index is 993. The molecule has 0 saturated carbocycles. The molecule has 0 saturated heterocycles. The highest BCUT2D eigenvalue weighted by Gasteiger charge is 2.17. The molecule has 3 rings (SSSR count). The Morgan fingerprint density at radius 3 is 2.50 bits per heavy atom. The number of anilines is 1. The number of hydrogen-bond donors (Lipinski definition) is 1. The van der Waals surface area contributed by atoms with Crippen molar-refractivity contribution in [1.29, 1.82) is 0 Å². The Morgan fingerprint density at radius 1 is 1.12 bits per heavy atom. The molecule has 0 unspecified atom stereocenters. The maximum absolute atomic E-state index is 12.3. The minimum absolute atomic E-state index is 0.148. The van der Waals surface area contributed by atoms with Gasteiger partial charge in [0.2, 0.25) is 10.0 Å². The number of thiazole rings is 1. The summed E-state index contributed by atoms with van der Waals surface area (Å²) in [5.41, 5.74) is 3.69. The second-order valence-electron chi connectivity index (χ2n) is 5.30. The lowest BCUT2D eigenvalue weighted by molar-refractivity contribution is 0.102. The van der Waals surface area contributed by atoms with E-state index >= 15 is 0 Å². The first kappa shape index (κ1) is 16.6. The fraction of sp³-hybridized carbons (Fsp3) is 0.125. The maximum Gasteiger partial charge on any atom is 0.255 e. The summed E-state index contributed by atoms with van der Waals surface area (Å²) in [6, 6.07) is 11.3. The number of carbonyl (C=O) groups is 1. The highest BCUT2D eigenvalue weighted by molar-refractivity contribution is 7.89. The van der Waals surface area contributed by atoms with E-state index in [1.54, 1.807) is 11.6 Å². The Labute approximate surface area is 143 Å². The van der Waals surface area contributed by atoms with Crippen molar-refractivity contribution >= 4 is 43.2 Å². The molecule has 1 N–H and O–H groups in total. The van der Waals surface area contributed by atoms with Crippen LogP contribution in [0.25, 0.3) is 10.2 Å². The summed E-state index contributed by atoms with van der Waals surface area (Å²) in [6.45, 7) is 0. The van der Waals surface area contributed by atoms with Gasteiger partial charge in [0.1, 0.15) is 0 Å². The predicted octanol–water partition coefficient (Wildman–Crippen LogP) is 2.80. The van der Waals surface area contributed by atoms with Gasteiger partial charge in [0.25, 0.3) is 5.91 Å². The van der Waals surface area contributed by atoms with Crippen LogP contribution >= 0.6 is 11.3 Å². The molecule has 124 valence electrons. The van der Waals surface area contributed by atoms with Crippen molar-refractivity contribution in [2.24, 2.45) is 0 Å². The largest absolute Gasteiger partial charge is 0.322 e. The molecule has 0 aliphatic carbocycles. The van der Waals surface area contributed by atoms with Gasteiger partial charge in [-0.25, -0.2) is 17.7 Å². The normalized spacial score (nSPS) is 11.8. The lowest BCUT2D eigenvalue weighted by Crippen LogP contribution is -2.22. The van der Waals surface area contributed by atoms with Gasteiger partial charge in [-0.1, -0.05) is 0 Å². The molecular weight excluding hydrogens is 346 g/mol. The van der Waals surface area contributed by atoms with Gasteiger partial charge in [-0.15, -0.1) is 11.3 Å². The summed E-state index contributed by atoms with van der Waals surface area (Å²) in [6.07, 6.45) is 0. The molecule has 1 amide bonds. The van der Waals surface area contributed by atoms with E-state index in [9.17, 15) is 13.2 Å². The topological polar surface area (TPSA) is 79.4 Å². The number of amides is 1. The van der Waals surface area contributed by atoms with Gasteiger partial charge in [0, 0.05) is 25.3 Å². The summed E-state index contributed by atoms with van der Waals surface area (Å²) in [5.74, 6) is -0.298. The molecule has 2 aromatic carbocycles. The second kappa shape index (κ2) is 6.31. The molecule has 6 nitrogen and oxygen atoms in total. The average molecular weight is 361 g/mol. The van der Waals surface area contributed by atoms with E-state index in [0.717, 1.165) is 14.5 Å². The van der Waals surface area contributed by atoms with Crippen molar-refractivity contribution in [1.82, 2.24) is 9.29 Å². The van der Waals surface area contributed by atoms with Gasteiger partial charge in [-0.3, -0.25) is 4.79 Å². The van der Waals surface area contributed by atoms with Crippen LogP contribution in [0.4, 0.5) is 5.69 Å². The van der Waals surface area contributed by atoms with Crippen molar-refractivity contribution in [2.75, 3.05) is 19.4 Å². The Morgan fingerprint density at radius 2 is 1.83 bits per heavy atom. The first-order chi connectivity index (χ1) is 11.4. The van der Waals surface area contributed by atoms with E-state index in [4.69, 9.17) is 0 Å². The Balaban J connectivity index is 1.80. The first-order valence-electron chi connectivity index (χ1n) is 7.05. The lowest BCUT2D eigenvalue weighted by Gasteiger charge is -2.11. The highest BCUT2D eigenvalue weighted by atomic mass is 32.2. The standard InChI is InChI=1S/C16H15N3O3S2/c1-19(2)24(21,22)13-6-3-11(4-7-13)16(20)18-12-5-8-14-15(9-12)23-10-17-14/h3-10H,1-2H3,(H,18,20). The molecule has 0 radical (unpaired) electrons. The smallest absolute Gasteiger partial charge is 0.255 e. The summed E-state index contributed by atoms with van der Waals surface area (Å²) < 4.78 is 26.2. The molecule has 0 fully saturated rings. The van der Waals surface area contributed by atoms with Crippen LogP contribution in [0.3, 0.4) is 0 Å². The minimum atomic E-state index is -3.50. The molecule has 0 bridgehead atoms. The second-order valence-corrected chi connectivity index (χ2v) is 8.34. The molecule has 8 heteroatoms. The average Bonchev–Trinajstić information content (AvgIpc) is 3.02. The van der Waals surface area contributed by atoms with E-state index in [1.807, 2.05) is 12.1 Å². The third-order valence-electron chi connectivity index (χ3n) is 3.48. The van der Waals surface area contributed by atoms with Crippen LogP contribution in [0.2, 0.25) is 0 Å². The highest BCUT2D eigenvalue weighted by Crippen LogP contribution is 2.22. The number of nitrogens with zero attached hydrogens (tertiary/aromatic N) is 2. The number of aromatic nitrogens is 1. The number of hydrogen-bond acceptors (Lipinski definition) is 5. The molecule has 3 aromatic rings. The van der Waals surface area contributed by atoms with E-state index in [0.29, 0.717) is 11.3 Å².